The van der Waals surface area contributed by atoms with Crippen LogP contribution >= 0.6 is 16.4 Å². The molecule has 1 saturated heterocycles. The minimum atomic E-state index is -4.64. The Labute approximate surface area is 87.4 Å². The molecular weight excluding hydrogens is 253 g/mol. The molecule has 2 atom stereocenters. The summed E-state index contributed by atoms with van der Waals surface area (Å²) in [4.78, 5) is 21.6. The van der Waals surface area contributed by atoms with Crippen molar-refractivity contribution in [3.63, 3.8) is 0 Å². The van der Waals surface area contributed by atoms with Gasteiger partial charge in [-0.05, 0) is 6.92 Å². The fourth-order valence-electron chi connectivity index (χ4n) is 0.570. The van der Waals surface area contributed by atoms with Gasteiger partial charge in [0.15, 0.2) is 0 Å². The molecule has 0 aromatic rings. The third-order valence-corrected chi connectivity index (χ3v) is 2.24. The Balaban J connectivity index is 0.000000336. The first kappa shape index (κ1) is 15.3. The molecule has 0 spiro atoms. The van der Waals surface area contributed by atoms with Gasteiger partial charge in [0.1, 0.15) is 0 Å². The third kappa shape index (κ3) is 12.3. The van der Waals surface area contributed by atoms with Crippen molar-refractivity contribution < 1.29 is 37.2 Å². The van der Waals surface area contributed by atoms with E-state index in [-0.39, 0.29) is 0 Å². The van der Waals surface area contributed by atoms with Gasteiger partial charge in [-0.3, -0.25) is 4.52 Å². The van der Waals surface area contributed by atoms with Crippen LogP contribution in [0.2, 0.25) is 0 Å². The van der Waals surface area contributed by atoms with Crippen LogP contribution in [0.3, 0.4) is 0 Å². The number of phosphoric acid groups is 1. The van der Waals surface area contributed by atoms with Gasteiger partial charge in [-0.15, -0.1) is 0 Å². The first-order valence-electron chi connectivity index (χ1n) is 3.98. The van der Waals surface area contributed by atoms with Gasteiger partial charge in [0, 0.05) is 6.42 Å². The molecule has 1 aliphatic heterocycles. The fraction of sp³-hybridized carbons (Fsp3) is 1.00. The molecule has 0 aliphatic carbocycles. The fourth-order valence-corrected chi connectivity index (χ4v) is 1.52. The monoisotopic (exact) mass is 266 g/mol. The Morgan fingerprint density at radius 3 is 2.53 bits per heavy atom. The van der Waals surface area contributed by atoms with E-state index >= 15 is 0 Å². The zero-order valence-electron chi connectivity index (χ0n) is 7.95. The minimum Gasteiger partial charge on any atom is -0.312 e. The van der Waals surface area contributed by atoms with E-state index in [1.807, 2.05) is 6.92 Å². The largest absolute Gasteiger partial charge is 0.466 e. The predicted molar refractivity (Wildman–Crippen MR) is 49.4 cm³/mol. The van der Waals surface area contributed by atoms with Crippen molar-refractivity contribution in [1.29, 1.82) is 0 Å². The lowest BCUT2D eigenvalue weighted by atomic mass is 10.5. The Morgan fingerprint density at radius 2 is 2.13 bits per heavy atom. The van der Waals surface area contributed by atoms with Crippen molar-refractivity contribution in [3.05, 3.63) is 0 Å². The lowest BCUT2D eigenvalue weighted by Gasteiger charge is -2.22. The summed E-state index contributed by atoms with van der Waals surface area (Å²) in [5.41, 5.74) is 0. The first-order valence-corrected chi connectivity index (χ1v) is 6.64. The second-order valence-corrected chi connectivity index (χ2v) is 4.49. The smallest absolute Gasteiger partial charge is 0.312 e. The van der Waals surface area contributed by atoms with Gasteiger partial charge in [-0.1, -0.05) is 0 Å². The molecule has 1 heterocycles. The quantitative estimate of drug-likeness (QED) is 0.641. The number of hydrogen-bond donors (Lipinski definition) is 3. The van der Waals surface area contributed by atoms with Gasteiger partial charge in [0.2, 0.25) is 6.36 Å². The molecule has 3 N–H and O–H groups in total. The molecule has 2 unspecified atom stereocenters. The van der Waals surface area contributed by atoms with E-state index in [2.05, 4.69) is 4.52 Å². The number of halogens is 1. The predicted octanol–water partition coefficient (Wildman–Crippen LogP) is 1.05. The van der Waals surface area contributed by atoms with E-state index in [0.29, 0.717) is 19.6 Å². The van der Waals surface area contributed by atoms with Crippen LogP contribution in [0.15, 0.2) is 0 Å². The van der Waals surface area contributed by atoms with Crippen LogP contribution in [-0.4, -0.2) is 34.3 Å². The molecule has 0 amide bonds. The second-order valence-electron chi connectivity index (χ2n) is 2.29. The van der Waals surface area contributed by atoms with Crippen LogP contribution in [0.1, 0.15) is 13.3 Å². The Morgan fingerprint density at radius 1 is 1.60 bits per heavy atom. The van der Waals surface area contributed by atoms with Gasteiger partial charge in [0.05, 0.1) is 13.2 Å². The molecule has 10 heteroatoms. The average Bonchev–Trinajstić information content (AvgIpc) is 2.01. The summed E-state index contributed by atoms with van der Waals surface area (Å²) in [6, 6.07) is 0. The first-order chi connectivity index (χ1) is 6.83. The molecule has 0 saturated carbocycles. The molecule has 7 nitrogen and oxygen atoms in total. The molecule has 1 rings (SSSR count). The molecular formula is C5H13FO7P2. The maximum Gasteiger partial charge on any atom is 0.466 e. The van der Waals surface area contributed by atoms with Gasteiger partial charge >= 0.3 is 16.4 Å². The van der Waals surface area contributed by atoms with Crippen LogP contribution < -0.4 is 0 Å². The number of rotatable bonds is 2. The number of hydrogen-bond acceptors (Lipinski definition) is 4. The van der Waals surface area contributed by atoms with E-state index < -0.39 is 22.8 Å². The van der Waals surface area contributed by atoms with Crippen LogP contribution in [-0.2, 0) is 18.1 Å². The maximum atomic E-state index is 12.4. The van der Waals surface area contributed by atoms with Crippen LogP contribution in [0.4, 0.5) is 4.39 Å². The van der Waals surface area contributed by atoms with E-state index in [1.54, 1.807) is 0 Å². The van der Waals surface area contributed by atoms with Crippen LogP contribution in [0.5, 0.6) is 0 Å². The summed E-state index contributed by atoms with van der Waals surface area (Å²) >= 11 is 0. The Hall–Kier alpha value is 0.350. The van der Waals surface area contributed by atoms with Crippen molar-refractivity contribution in [1.82, 2.24) is 0 Å². The molecule has 1 fully saturated rings. The highest BCUT2D eigenvalue weighted by molar-refractivity contribution is 7.45. The molecule has 0 aromatic heterocycles. The second kappa shape index (κ2) is 7.60. The summed E-state index contributed by atoms with van der Waals surface area (Å²) in [5, 5.41) is 0. The van der Waals surface area contributed by atoms with E-state index in [1.165, 1.54) is 0 Å². The zero-order chi connectivity index (χ0) is 11.9. The molecule has 0 radical (unpaired) electrons. The SMILES string of the molecule is CCOP1OCCC(F)O1.O=P(O)(O)O. The van der Waals surface area contributed by atoms with Crippen molar-refractivity contribution >= 4 is 16.4 Å². The van der Waals surface area contributed by atoms with Crippen molar-refractivity contribution in [2.24, 2.45) is 0 Å². The van der Waals surface area contributed by atoms with E-state index in [4.69, 9.17) is 28.3 Å². The van der Waals surface area contributed by atoms with Crippen LogP contribution in [0, 0.1) is 0 Å². The minimum absolute atomic E-state index is 0.311. The maximum absolute atomic E-state index is 12.4. The summed E-state index contributed by atoms with van der Waals surface area (Å²) in [5.74, 6) is 0. The van der Waals surface area contributed by atoms with Gasteiger partial charge in [0.25, 0.3) is 0 Å². The molecule has 0 aromatic carbocycles. The Bertz CT molecular complexity index is 199. The lowest BCUT2D eigenvalue weighted by molar-refractivity contribution is -0.0120. The number of alkyl halides is 1. The summed E-state index contributed by atoms with van der Waals surface area (Å²) in [6.45, 7) is 2.71. The molecule has 0 bridgehead atoms. The normalized spacial score (nSPS) is 26.7. The molecule has 92 valence electrons. The molecule has 1 aliphatic rings. The van der Waals surface area contributed by atoms with Crippen molar-refractivity contribution in [2.45, 2.75) is 19.7 Å². The van der Waals surface area contributed by atoms with E-state index in [9.17, 15) is 4.39 Å². The van der Waals surface area contributed by atoms with Gasteiger partial charge in [-0.25, -0.2) is 8.96 Å². The molecule has 15 heavy (non-hydrogen) atoms. The summed E-state index contributed by atoms with van der Waals surface area (Å²) in [7, 11) is -6.03. The highest BCUT2D eigenvalue weighted by Gasteiger charge is 2.23. The summed E-state index contributed by atoms with van der Waals surface area (Å²) in [6.07, 6.45) is -0.891. The Kier molecular flexibility index (Phi) is 7.77. The standard InChI is InChI=1S/C5H10FO3P.H3O4P/c1-2-7-10-8-4-3-5(6)9-10;1-5(2,3)4/h5H,2-4H2,1H3;(H3,1,2,3,4). The third-order valence-electron chi connectivity index (χ3n) is 0.976. The van der Waals surface area contributed by atoms with Crippen molar-refractivity contribution in [3.8, 4) is 0 Å². The summed E-state index contributed by atoms with van der Waals surface area (Å²) < 4.78 is 35.9. The highest BCUT2D eigenvalue weighted by atomic mass is 31.2. The average molecular weight is 266 g/mol. The van der Waals surface area contributed by atoms with Crippen molar-refractivity contribution in [2.75, 3.05) is 13.2 Å². The van der Waals surface area contributed by atoms with E-state index in [0.717, 1.165) is 0 Å². The zero-order valence-corrected chi connectivity index (χ0v) is 9.73. The lowest BCUT2D eigenvalue weighted by Crippen LogP contribution is -2.14. The highest BCUT2D eigenvalue weighted by Crippen LogP contribution is 2.44. The van der Waals surface area contributed by atoms with Gasteiger partial charge < -0.3 is 23.7 Å². The van der Waals surface area contributed by atoms with Crippen LogP contribution in [0.25, 0.3) is 0 Å². The van der Waals surface area contributed by atoms with Gasteiger partial charge in [-0.2, -0.15) is 0 Å². The topological polar surface area (TPSA) is 105 Å².